The second-order valence-corrected chi connectivity index (χ2v) is 7.28. The molecule has 1 aromatic rings. The quantitative estimate of drug-likeness (QED) is 0.811. The number of hydrogen-bond acceptors (Lipinski definition) is 5. The van der Waals surface area contributed by atoms with Crippen LogP contribution in [-0.2, 0) is 10.2 Å². The molecule has 8 heteroatoms. The zero-order valence-electron chi connectivity index (χ0n) is 12.8. The molecule has 21 heavy (non-hydrogen) atoms. The van der Waals surface area contributed by atoms with E-state index in [0.717, 1.165) is 19.4 Å². The summed E-state index contributed by atoms with van der Waals surface area (Å²) in [4.78, 5) is 4.07. The molecule has 2 atom stereocenters. The molecule has 2 N–H and O–H groups in total. The number of aryl methyl sites for hydroxylation is 1. The predicted octanol–water partition coefficient (Wildman–Crippen LogP) is 0.810. The summed E-state index contributed by atoms with van der Waals surface area (Å²) < 4.78 is 34.4. The molecule has 1 aromatic heterocycles. The molecular formula is C13H24N4O3S. The molecule has 1 saturated heterocycles. The molecule has 2 heterocycles. The third-order valence-electron chi connectivity index (χ3n) is 3.65. The molecule has 0 aliphatic carbocycles. The van der Waals surface area contributed by atoms with Gasteiger partial charge in [0.25, 0.3) is 10.2 Å². The summed E-state index contributed by atoms with van der Waals surface area (Å²) in [6.07, 6.45) is 3.53. The fourth-order valence-corrected chi connectivity index (χ4v) is 4.09. The summed E-state index contributed by atoms with van der Waals surface area (Å²) in [5, 5.41) is 3.11. The van der Waals surface area contributed by atoms with Crippen molar-refractivity contribution in [1.29, 1.82) is 0 Å². The first-order valence-corrected chi connectivity index (χ1v) is 8.70. The molecular weight excluding hydrogens is 292 g/mol. The Morgan fingerprint density at radius 3 is 2.95 bits per heavy atom. The summed E-state index contributed by atoms with van der Waals surface area (Å²) in [5.74, 6) is 1.42. The topological polar surface area (TPSA) is 87.5 Å². The number of rotatable bonds is 6. The van der Waals surface area contributed by atoms with Crippen molar-refractivity contribution in [2.24, 2.45) is 5.92 Å². The monoisotopic (exact) mass is 316 g/mol. The molecule has 0 amide bonds. The molecule has 1 aliphatic heterocycles. The van der Waals surface area contributed by atoms with E-state index in [9.17, 15) is 8.42 Å². The van der Waals surface area contributed by atoms with Gasteiger partial charge in [-0.1, -0.05) is 0 Å². The molecule has 1 aliphatic rings. The van der Waals surface area contributed by atoms with Crippen LogP contribution in [0.15, 0.2) is 10.6 Å². The van der Waals surface area contributed by atoms with Crippen LogP contribution >= 0.6 is 0 Å². The second-order valence-electron chi connectivity index (χ2n) is 5.58. The van der Waals surface area contributed by atoms with E-state index in [0.29, 0.717) is 30.7 Å². The minimum Gasteiger partial charge on any atom is -0.444 e. The zero-order valence-corrected chi connectivity index (χ0v) is 13.6. The number of oxazole rings is 1. The summed E-state index contributed by atoms with van der Waals surface area (Å²) in [5.41, 5.74) is 0. The summed E-state index contributed by atoms with van der Waals surface area (Å²) in [7, 11) is -1.63. The van der Waals surface area contributed by atoms with Gasteiger partial charge in [-0.2, -0.15) is 17.4 Å². The van der Waals surface area contributed by atoms with Crippen LogP contribution in [0, 0.1) is 12.8 Å². The highest BCUT2D eigenvalue weighted by molar-refractivity contribution is 7.87. The fraction of sp³-hybridized carbons (Fsp3) is 0.769. The van der Waals surface area contributed by atoms with Gasteiger partial charge in [0, 0.05) is 13.1 Å². The molecule has 0 radical (unpaired) electrons. The van der Waals surface area contributed by atoms with Gasteiger partial charge in [0.15, 0.2) is 0 Å². The Hall–Kier alpha value is -0.960. The number of hydrogen-bond donors (Lipinski definition) is 2. The number of piperidine rings is 1. The van der Waals surface area contributed by atoms with E-state index in [1.165, 1.54) is 4.31 Å². The van der Waals surface area contributed by atoms with Gasteiger partial charge in [-0.25, -0.2) is 4.98 Å². The van der Waals surface area contributed by atoms with Crippen LogP contribution in [0.2, 0.25) is 0 Å². The maximum atomic E-state index is 12.5. The minimum atomic E-state index is -3.52. The van der Waals surface area contributed by atoms with Gasteiger partial charge in [-0.15, -0.1) is 0 Å². The third-order valence-corrected chi connectivity index (χ3v) is 5.31. The Bertz CT molecular complexity index is 556. The highest BCUT2D eigenvalue weighted by atomic mass is 32.2. The first-order chi connectivity index (χ1) is 9.92. The Kier molecular flexibility index (Phi) is 5.37. The summed E-state index contributed by atoms with van der Waals surface area (Å²) in [6.45, 7) is 5.46. The van der Waals surface area contributed by atoms with Gasteiger partial charge < -0.3 is 9.73 Å². The largest absolute Gasteiger partial charge is 0.444 e. The van der Waals surface area contributed by atoms with Crippen molar-refractivity contribution >= 4 is 10.2 Å². The van der Waals surface area contributed by atoms with Crippen molar-refractivity contribution in [3.8, 4) is 0 Å². The molecule has 2 rings (SSSR count). The molecule has 0 bridgehead atoms. The van der Waals surface area contributed by atoms with E-state index in [4.69, 9.17) is 4.42 Å². The predicted molar refractivity (Wildman–Crippen MR) is 79.9 cm³/mol. The normalized spacial score (nSPS) is 22.3. The average molecular weight is 316 g/mol. The van der Waals surface area contributed by atoms with Gasteiger partial charge in [-0.3, -0.25) is 0 Å². The van der Waals surface area contributed by atoms with Crippen LogP contribution in [0.3, 0.4) is 0 Å². The molecule has 1 fully saturated rings. The maximum absolute atomic E-state index is 12.5. The first-order valence-electron chi connectivity index (χ1n) is 7.26. The van der Waals surface area contributed by atoms with E-state index in [2.05, 4.69) is 15.0 Å². The maximum Gasteiger partial charge on any atom is 0.280 e. The molecule has 2 unspecified atom stereocenters. The average Bonchev–Trinajstić information content (AvgIpc) is 2.86. The van der Waals surface area contributed by atoms with Crippen LogP contribution in [-0.4, -0.2) is 44.4 Å². The zero-order chi connectivity index (χ0) is 15.5. The lowest BCUT2D eigenvalue weighted by Gasteiger charge is -2.32. The van der Waals surface area contributed by atoms with Crippen LogP contribution in [0.5, 0.6) is 0 Å². The van der Waals surface area contributed by atoms with E-state index in [1.54, 1.807) is 20.0 Å². The number of aromatic nitrogens is 1. The standard InChI is InChI=1S/C13H24N4O3S/c1-10-7-15-13(20-10)11(2)16-21(18,19)17-6-4-5-12(9-17)8-14-3/h7,11-12,14,16H,4-6,8-9H2,1-3H3. The van der Waals surface area contributed by atoms with Gasteiger partial charge in [0.05, 0.1) is 12.2 Å². The highest BCUT2D eigenvalue weighted by Crippen LogP contribution is 2.20. The van der Waals surface area contributed by atoms with E-state index in [-0.39, 0.29) is 0 Å². The van der Waals surface area contributed by atoms with Gasteiger partial charge >= 0.3 is 0 Å². The Morgan fingerprint density at radius 2 is 2.33 bits per heavy atom. The third kappa shape index (κ3) is 4.26. The van der Waals surface area contributed by atoms with Gasteiger partial charge in [0.2, 0.25) is 5.89 Å². The molecule has 120 valence electrons. The molecule has 0 aromatic carbocycles. The van der Waals surface area contributed by atoms with Crippen LogP contribution < -0.4 is 10.0 Å². The van der Waals surface area contributed by atoms with Crippen molar-refractivity contribution in [1.82, 2.24) is 19.3 Å². The van der Waals surface area contributed by atoms with E-state index < -0.39 is 16.3 Å². The SMILES string of the molecule is CNCC1CCCN(S(=O)(=O)NC(C)c2ncc(C)o2)C1. The molecule has 7 nitrogen and oxygen atoms in total. The number of nitrogens with one attached hydrogen (secondary N) is 2. The smallest absolute Gasteiger partial charge is 0.280 e. The van der Waals surface area contributed by atoms with E-state index >= 15 is 0 Å². The van der Waals surface area contributed by atoms with Crippen LogP contribution in [0.4, 0.5) is 0 Å². The lowest BCUT2D eigenvalue weighted by atomic mass is 10.00. The van der Waals surface area contributed by atoms with Crippen molar-refractivity contribution in [2.45, 2.75) is 32.7 Å². The Labute approximate surface area is 126 Å². The summed E-state index contributed by atoms with van der Waals surface area (Å²) >= 11 is 0. The van der Waals surface area contributed by atoms with Crippen LogP contribution in [0.25, 0.3) is 0 Å². The Balaban J connectivity index is 2.00. The minimum absolute atomic E-state index is 0.361. The lowest BCUT2D eigenvalue weighted by molar-refractivity contribution is 0.259. The highest BCUT2D eigenvalue weighted by Gasteiger charge is 2.30. The Morgan fingerprint density at radius 1 is 1.57 bits per heavy atom. The fourth-order valence-electron chi connectivity index (χ4n) is 2.62. The molecule has 0 spiro atoms. The van der Waals surface area contributed by atoms with Crippen molar-refractivity contribution < 1.29 is 12.8 Å². The van der Waals surface area contributed by atoms with Crippen molar-refractivity contribution in [2.75, 3.05) is 26.7 Å². The summed E-state index contributed by atoms with van der Waals surface area (Å²) in [6, 6.07) is -0.478. The first kappa shape index (κ1) is 16.4. The van der Waals surface area contributed by atoms with Crippen molar-refractivity contribution in [3.63, 3.8) is 0 Å². The number of nitrogens with zero attached hydrogens (tertiary/aromatic N) is 2. The lowest BCUT2D eigenvalue weighted by Crippen LogP contribution is -2.48. The van der Waals surface area contributed by atoms with Crippen LogP contribution in [0.1, 0.15) is 37.5 Å². The second kappa shape index (κ2) is 6.87. The van der Waals surface area contributed by atoms with E-state index in [1.807, 2.05) is 7.05 Å². The van der Waals surface area contributed by atoms with Gasteiger partial charge in [0.1, 0.15) is 5.76 Å². The molecule has 0 saturated carbocycles. The van der Waals surface area contributed by atoms with Crippen molar-refractivity contribution in [3.05, 3.63) is 17.8 Å². The van der Waals surface area contributed by atoms with Gasteiger partial charge in [-0.05, 0) is 46.2 Å².